The smallest absolute Gasteiger partial charge is 0.234 e. The third-order valence-corrected chi connectivity index (χ3v) is 5.29. The van der Waals surface area contributed by atoms with Crippen molar-refractivity contribution in [2.75, 3.05) is 0 Å². The van der Waals surface area contributed by atoms with Crippen molar-refractivity contribution < 1.29 is 4.79 Å². The molecule has 2 aliphatic rings. The molecule has 2 bridgehead atoms. The van der Waals surface area contributed by atoms with Gasteiger partial charge in [-0.15, -0.1) is 0 Å². The summed E-state index contributed by atoms with van der Waals surface area (Å²) in [4.78, 5) is 11.5. The summed E-state index contributed by atoms with van der Waals surface area (Å²) >= 11 is 0. The average Bonchev–Trinajstić information content (AvgIpc) is 3.12. The molecule has 1 aromatic rings. The number of piperidine rings is 1. The lowest BCUT2D eigenvalue weighted by Crippen LogP contribution is -2.54. The van der Waals surface area contributed by atoms with E-state index in [4.69, 9.17) is 5.73 Å². The molecule has 114 valence electrons. The predicted molar refractivity (Wildman–Crippen MR) is 85.5 cm³/mol. The van der Waals surface area contributed by atoms with E-state index < -0.39 is 0 Å². The van der Waals surface area contributed by atoms with Crippen LogP contribution in [-0.4, -0.2) is 17.5 Å². The van der Waals surface area contributed by atoms with Crippen LogP contribution >= 0.6 is 0 Å². The first-order chi connectivity index (χ1) is 10.6. The van der Waals surface area contributed by atoms with E-state index in [0.29, 0.717) is 6.42 Å². The summed E-state index contributed by atoms with van der Waals surface area (Å²) < 4.78 is 0. The number of carbonyl (C=O) groups excluding carboxylic acids is 1. The minimum atomic E-state index is -0.293. The predicted octanol–water partition coefficient (Wildman–Crippen LogP) is 2.01. The monoisotopic (exact) mass is 295 g/mol. The van der Waals surface area contributed by atoms with E-state index in [0.717, 1.165) is 30.4 Å². The van der Waals surface area contributed by atoms with Crippen LogP contribution in [0.15, 0.2) is 30.8 Å². The molecule has 1 saturated heterocycles. The molecule has 22 heavy (non-hydrogen) atoms. The number of nitrogens with two attached hydrogens (primary N) is 1. The molecule has 1 amide bonds. The normalized spacial score (nSPS) is 30.7. The van der Waals surface area contributed by atoms with E-state index in [1.165, 1.54) is 0 Å². The molecule has 0 radical (unpaired) electrons. The van der Waals surface area contributed by atoms with Gasteiger partial charge in [-0.25, -0.2) is 0 Å². The highest BCUT2D eigenvalue weighted by Crippen LogP contribution is 2.48. The Balaban J connectivity index is 1.78. The number of carbonyl (C=O) groups is 1. The van der Waals surface area contributed by atoms with E-state index >= 15 is 0 Å². The largest absolute Gasteiger partial charge is 0.368 e. The van der Waals surface area contributed by atoms with Gasteiger partial charge >= 0.3 is 0 Å². The fourth-order valence-electron chi connectivity index (χ4n) is 4.07. The number of amides is 1. The molecular weight excluding hydrogens is 274 g/mol. The van der Waals surface area contributed by atoms with Gasteiger partial charge in [0, 0.05) is 5.54 Å². The number of nitrogens with one attached hydrogen (secondary N) is 1. The number of nitrogens with zero attached hydrogens (tertiary/aromatic N) is 1. The maximum Gasteiger partial charge on any atom is 0.234 e. The average molecular weight is 295 g/mol. The summed E-state index contributed by atoms with van der Waals surface area (Å²) in [7, 11) is 0. The van der Waals surface area contributed by atoms with Crippen LogP contribution in [0.4, 0.5) is 0 Å². The zero-order valence-corrected chi connectivity index (χ0v) is 12.6. The molecule has 3 rings (SSSR count). The molecular formula is C18H21N3O. The third kappa shape index (κ3) is 2.42. The van der Waals surface area contributed by atoms with Gasteiger partial charge in [-0.05, 0) is 42.7 Å². The van der Waals surface area contributed by atoms with Gasteiger partial charge in [0.05, 0.1) is 18.0 Å². The van der Waals surface area contributed by atoms with Crippen molar-refractivity contribution in [2.45, 2.75) is 37.3 Å². The summed E-state index contributed by atoms with van der Waals surface area (Å²) in [5.74, 6) is -0.147. The second-order valence-electron chi connectivity index (χ2n) is 6.51. The van der Waals surface area contributed by atoms with Crippen LogP contribution < -0.4 is 11.1 Å². The molecule has 4 heteroatoms. The highest BCUT2D eigenvalue weighted by molar-refractivity contribution is 5.81. The molecule has 1 heterocycles. The van der Waals surface area contributed by atoms with Gasteiger partial charge in [0.1, 0.15) is 0 Å². The first kappa shape index (κ1) is 14.8. The Morgan fingerprint density at radius 3 is 2.82 bits per heavy atom. The van der Waals surface area contributed by atoms with E-state index in [-0.39, 0.29) is 29.3 Å². The molecule has 0 spiro atoms. The van der Waals surface area contributed by atoms with Crippen LogP contribution in [0.3, 0.4) is 0 Å². The lowest BCUT2D eigenvalue weighted by molar-refractivity contribution is -0.121. The summed E-state index contributed by atoms with van der Waals surface area (Å²) in [6.07, 6.45) is 5.31. The van der Waals surface area contributed by atoms with Gasteiger partial charge in [-0.3, -0.25) is 10.1 Å². The van der Waals surface area contributed by atoms with Crippen molar-refractivity contribution in [3.05, 3.63) is 42.0 Å². The third-order valence-electron chi connectivity index (χ3n) is 5.29. The fraction of sp³-hybridized carbons (Fsp3) is 0.444. The Labute approximate surface area is 131 Å². The zero-order valence-electron chi connectivity index (χ0n) is 12.6. The Kier molecular flexibility index (Phi) is 3.76. The second-order valence-corrected chi connectivity index (χ2v) is 6.51. The molecule has 0 aromatic heterocycles. The standard InChI is InChI=1S/C18H21N3O/c1-2-12-3-5-13(6-4-12)9-15(11-19)18-8-7-14(10-18)16(21-18)17(20)22/h2-6,14-16,21H,1,7-10H2,(H2,20,22)/t14?,15-,16?,18?/m1/s1. The highest BCUT2D eigenvalue weighted by Gasteiger charge is 2.55. The summed E-state index contributed by atoms with van der Waals surface area (Å²) in [5.41, 5.74) is 7.43. The number of primary amides is 1. The molecule has 4 nitrogen and oxygen atoms in total. The van der Waals surface area contributed by atoms with Gasteiger partial charge in [0.2, 0.25) is 5.91 Å². The van der Waals surface area contributed by atoms with Crippen molar-refractivity contribution in [3.63, 3.8) is 0 Å². The quantitative estimate of drug-likeness (QED) is 0.872. The maximum absolute atomic E-state index is 11.5. The van der Waals surface area contributed by atoms with Crippen LogP contribution in [0.1, 0.15) is 30.4 Å². The van der Waals surface area contributed by atoms with E-state index in [9.17, 15) is 10.1 Å². The zero-order chi connectivity index (χ0) is 15.7. The Morgan fingerprint density at radius 2 is 2.27 bits per heavy atom. The lowest BCUT2D eigenvalue weighted by atomic mass is 9.80. The van der Waals surface area contributed by atoms with E-state index in [1.54, 1.807) is 0 Å². The maximum atomic E-state index is 11.5. The van der Waals surface area contributed by atoms with Gasteiger partial charge in [-0.1, -0.05) is 36.9 Å². The van der Waals surface area contributed by atoms with Crippen LogP contribution in [0, 0.1) is 23.2 Å². The molecule has 1 aliphatic heterocycles. The van der Waals surface area contributed by atoms with E-state index in [1.807, 2.05) is 30.3 Å². The SMILES string of the molecule is C=Cc1ccc(C[C@H](C#N)C23CCC(C2)C(C(N)=O)N3)cc1. The second kappa shape index (κ2) is 5.58. The van der Waals surface area contributed by atoms with Crippen molar-refractivity contribution in [1.82, 2.24) is 5.32 Å². The van der Waals surface area contributed by atoms with Crippen LogP contribution in [0.5, 0.6) is 0 Å². The van der Waals surface area contributed by atoms with Crippen molar-refractivity contribution in [2.24, 2.45) is 17.6 Å². The number of hydrogen-bond acceptors (Lipinski definition) is 3. The van der Waals surface area contributed by atoms with Crippen molar-refractivity contribution in [1.29, 1.82) is 5.26 Å². The minimum absolute atomic E-state index is 0.142. The van der Waals surface area contributed by atoms with Gasteiger partial charge in [-0.2, -0.15) is 5.26 Å². The van der Waals surface area contributed by atoms with Crippen molar-refractivity contribution >= 4 is 12.0 Å². The molecule has 3 N–H and O–H groups in total. The number of rotatable bonds is 5. The fourth-order valence-corrected chi connectivity index (χ4v) is 4.07. The van der Waals surface area contributed by atoms with Crippen molar-refractivity contribution in [3.8, 4) is 6.07 Å². The van der Waals surface area contributed by atoms with Crippen LogP contribution in [0.25, 0.3) is 6.08 Å². The van der Waals surface area contributed by atoms with Gasteiger partial charge < -0.3 is 5.73 Å². The molecule has 3 unspecified atom stereocenters. The highest BCUT2D eigenvalue weighted by atomic mass is 16.1. The van der Waals surface area contributed by atoms with Crippen LogP contribution in [0.2, 0.25) is 0 Å². The number of benzene rings is 1. The van der Waals surface area contributed by atoms with Gasteiger partial charge in [0.15, 0.2) is 0 Å². The molecule has 2 fully saturated rings. The first-order valence-corrected chi connectivity index (χ1v) is 7.76. The molecule has 4 atom stereocenters. The minimum Gasteiger partial charge on any atom is -0.368 e. The first-order valence-electron chi connectivity index (χ1n) is 7.76. The number of fused-ring (bicyclic) bond motifs is 2. The number of hydrogen-bond donors (Lipinski definition) is 2. The molecule has 1 saturated carbocycles. The molecule has 1 aliphatic carbocycles. The Bertz CT molecular complexity index is 631. The molecule has 1 aromatic carbocycles. The summed E-state index contributed by atoms with van der Waals surface area (Å²) in [5, 5.41) is 13.0. The lowest BCUT2D eigenvalue weighted by Gasteiger charge is -2.34. The van der Waals surface area contributed by atoms with E-state index in [2.05, 4.69) is 18.0 Å². The summed E-state index contributed by atoms with van der Waals surface area (Å²) in [6.45, 7) is 3.75. The Hall–Kier alpha value is -2.12. The van der Waals surface area contributed by atoms with Crippen LogP contribution in [-0.2, 0) is 11.2 Å². The Morgan fingerprint density at radius 1 is 1.55 bits per heavy atom. The number of nitriles is 1. The summed E-state index contributed by atoms with van der Waals surface area (Å²) in [6, 6.07) is 10.3. The van der Waals surface area contributed by atoms with Gasteiger partial charge in [0.25, 0.3) is 0 Å². The topological polar surface area (TPSA) is 78.9 Å².